The second-order valence-electron chi connectivity index (χ2n) is 4.71. The molecule has 3 amide bonds. The maximum absolute atomic E-state index is 12.0. The molecule has 0 aromatic rings. The van der Waals surface area contributed by atoms with Crippen LogP contribution in [0.15, 0.2) is 0 Å². The van der Waals surface area contributed by atoms with Crippen LogP contribution in [-0.4, -0.2) is 60.0 Å². The van der Waals surface area contributed by atoms with E-state index in [4.69, 9.17) is 5.73 Å². The van der Waals surface area contributed by atoms with Gasteiger partial charge in [-0.25, -0.2) is 4.79 Å². The van der Waals surface area contributed by atoms with E-state index >= 15 is 0 Å². The molecule has 0 aromatic carbocycles. The fourth-order valence-electron chi connectivity index (χ4n) is 2.47. The normalized spacial score (nSPS) is 24.1. The SMILES string of the molecule is CCCC(N)C(=O)N1CCN2C(=O)NCC2C1.Cl. The Labute approximate surface area is 113 Å². The largest absolute Gasteiger partial charge is 0.337 e. The highest BCUT2D eigenvalue weighted by Gasteiger charge is 2.37. The number of urea groups is 1. The zero-order valence-corrected chi connectivity index (χ0v) is 11.4. The van der Waals surface area contributed by atoms with Crippen molar-refractivity contribution < 1.29 is 9.59 Å². The summed E-state index contributed by atoms with van der Waals surface area (Å²) in [5.41, 5.74) is 5.84. The van der Waals surface area contributed by atoms with Gasteiger partial charge in [0.2, 0.25) is 5.91 Å². The summed E-state index contributed by atoms with van der Waals surface area (Å²) in [5, 5.41) is 2.79. The molecule has 0 aromatic heterocycles. The number of fused-ring (bicyclic) bond motifs is 1. The minimum atomic E-state index is -0.392. The van der Waals surface area contributed by atoms with E-state index in [-0.39, 0.29) is 30.4 Å². The number of hydrogen-bond donors (Lipinski definition) is 2. The fourth-order valence-corrected chi connectivity index (χ4v) is 2.47. The lowest BCUT2D eigenvalue weighted by atomic mass is 10.1. The second-order valence-corrected chi connectivity index (χ2v) is 4.71. The smallest absolute Gasteiger partial charge is 0.317 e. The Hall–Kier alpha value is -1.01. The Morgan fingerprint density at radius 3 is 2.94 bits per heavy atom. The summed E-state index contributed by atoms with van der Waals surface area (Å²) in [6.07, 6.45) is 1.64. The molecular weight excluding hydrogens is 256 g/mol. The Balaban J connectivity index is 0.00000162. The highest BCUT2D eigenvalue weighted by Crippen LogP contribution is 2.15. The van der Waals surface area contributed by atoms with Crippen molar-refractivity contribution in [1.29, 1.82) is 0 Å². The van der Waals surface area contributed by atoms with Gasteiger partial charge in [-0.2, -0.15) is 0 Å². The average molecular weight is 277 g/mol. The van der Waals surface area contributed by atoms with E-state index in [0.29, 0.717) is 26.2 Å². The fraction of sp³-hybridized carbons (Fsp3) is 0.818. The lowest BCUT2D eigenvalue weighted by Crippen LogP contribution is -2.56. The molecule has 2 saturated heterocycles. The van der Waals surface area contributed by atoms with Gasteiger partial charge in [-0.05, 0) is 6.42 Å². The van der Waals surface area contributed by atoms with Crippen molar-refractivity contribution in [2.24, 2.45) is 5.73 Å². The predicted octanol–water partition coefficient (Wildman–Crippen LogP) is -0.228. The van der Waals surface area contributed by atoms with Crippen molar-refractivity contribution in [3.8, 4) is 0 Å². The monoisotopic (exact) mass is 276 g/mol. The molecule has 0 radical (unpaired) electrons. The van der Waals surface area contributed by atoms with Crippen LogP contribution in [0.5, 0.6) is 0 Å². The van der Waals surface area contributed by atoms with Gasteiger partial charge >= 0.3 is 6.03 Å². The van der Waals surface area contributed by atoms with Gasteiger partial charge in [-0.3, -0.25) is 4.79 Å². The summed E-state index contributed by atoms with van der Waals surface area (Å²) < 4.78 is 0. The molecule has 2 unspecified atom stereocenters. The van der Waals surface area contributed by atoms with Crippen LogP contribution in [0.1, 0.15) is 19.8 Å². The van der Waals surface area contributed by atoms with Crippen LogP contribution in [0, 0.1) is 0 Å². The maximum atomic E-state index is 12.0. The number of hydrogen-bond acceptors (Lipinski definition) is 3. The standard InChI is InChI=1S/C11H20N4O2.ClH/c1-2-3-9(12)10(16)14-4-5-15-8(7-14)6-13-11(15)17;/h8-9H,2-7,12H2,1H3,(H,13,17);1H. The predicted molar refractivity (Wildman–Crippen MR) is 70.6 cm³/mol. The second kappa shape index (κ2) is 6.24. The van der Waals surface area contributed by atoms with Gasteiger partial charge in [-0.15, -0.1) is 12.4 Å². The topological polar surface area (TPSA) is 78.7 Å². The number of carbonyl (C=O) groups is 2. The third kappa shape index (κ3) is 2.87. The minimum absolute atomic E-state index is 0. The van der Waals surface area contributed by atoms with Crippen molar-refractivity contribution in [1.82, 2.24) is 15.1 Å². The number of amides is 3. The summed E-state index contributed by atoms with van der Waals surface area (Å²) in [5.74, 6) is 0.0193. The molecule has 0 aliphatic carbocycles. The first-order valence-corrected chi connectivity index (χ1v) is 6.22. The van der Waals surface area contributed by atoms with E-state index in [1.54, 1.807) is 9.80 Å². The van der Waals surface area contributed by atoms with E-state index in [2.05, 4.69) is 5.32 Å². The highest BCUT2D eigenvalue weighted by molar-refractivity contribution is 5.85. The van der Waals surface area contributed by atoms with E-state index in [1.807, 2.05) is 6.92 Å². The maximum Gasteiger partial charge on any atom is 0.317 e. The van der Waals surface area contributed by atoms with E-state index in [9.17, 15) is 9.59 Å². The summed E-state index contributed by atoms with van der Waals surface area (Å²) in [7, 11) is 0. The summed E-state index contributed by atoms with van der Waals surface area (Å²) in [4.78, 5) is 27.0. The van der Waals surface area contributed by atoms with Gasteiger partial charge in [0.05, 0.1) is 12.1 Å². The summed E-state index contributed by atoms with van der Waals surface area (Å²) in [6.45, 7) is 4.46. The third-order valence-electron chi connectivity index (χ3n) is 3.46. The molecule has 2 heterocycles. The van der Waals surface area contributed by atoms with Crippen molar-refractivity contribution in [3.63, 3.8) is 0 Å². The van der Waals surface area contributed by atoms with Gasteiger partial charge in [0, 0.05) is 26.2 Å². The van der Waals surface area contributed by atoms with Crippen LogP contribution in [-0.2, 0) is 4.79 Å². The Bertz CT molecular complexity index is 326. The van der Waals surface area contributed by atoms with Gasteiger partial charge < -0.3 is 20.9 Å². The Morgan fingerprint density at radius 1 is 1.56 bits per heavy atom. The minimum Gasteiger partial charge on any atom is -0.337 e. The third-order valence-corrected chi connectivity index (χ3v) is 3.46. The molecule has 0 bridgehead atoms. The number of rotatable bonds is 3. The van der Waals surface area contributed by atoms with Crippen LogP contribution < -0.4 is 11.1 Å². The van der Waals surface area contributed by atoms with E-state index in [0.717, 1.165) is 12.8 Å². The van der Waals surface area contributed by atoms with Gasteiger partial charge in [0.1, 0.15) is 0 Å². The lowest BCUT2D eigenvalue weighted by Gasteiger charge is -2.37. The molecule has 2 fully saturated rings. The molecular formula is C11H21ClN4O2. The van der Waals surface area contributed by atoms with Gasteiger partial charge in [0.15, 0.2) is 0 Å². The van der Waals surface area contributed by atoms with Crippen molar-refractivity contribution in [2.45, 2.75) is 31.8 Å². The first kappa shape index (κ1) is 15.0. The zero-order valence-electron chi connectivity index (χ0n) is 10.6. The molecule has 104 valence electrons. The molecule has 6 nitrogen and oxygen atoms in total. The zero-order chi connectivity index (χ0) is 12.4. The van der Waals surface area contributed by atoms with Crippen LogP contribution in [0.25, 0.3) is 0 Å². The summed E-state index contributed by atoms with van der Waals surface area (Å²) >= 11 is 0. The molecule has 2 rings (SSSR count). The van der Waals surface area contributed by atoms with Crippen LogP contribution in [0.4, 0.5) is 4.79 Å². The molecule has 2 atom stereocenters. The molecule has 2 aliphatic heterocycles. The summed E-state index contributed by atoms with van der Waals surface area (Å²) in [6, 6.07) is -0.286. The number of nitrogens with zero attached hydrogens (tertiary/aromatic N) is 2. The van der Waals surface area contributed by atoms with Crippen molar-refractivity contribution in [2.75, 3.05) is 26.2 Å². The van der Waals surface area contributed by atoms with Crippen LogP contribution in [0.2, 0.25) is 0 Å². The molecule has 2 aliphatic rings. The van der Waals surface area contributed by atoms with E-state index < -0.39 is 6.04 Å². The number of nitrogens with one attached hydrogen (secondary N) is 1. The highest BCUT2D eigenvalue weighted by atomic mass is 35.5. The molecule has 3 N–H and O–H groups in total. The Morgan fingerprint density at radius 2 is 2.28 bits per heavy atom. The number of halogens is 1. The Kier molecular flexibility index (Phi) is 5.22. The first-order valence-electron chi connectivity index (χ1n) is 6.22. The van der Waals surface area contributed by atoms with Gasteiger partial charge in [-0.1, -0.05) is 13.3 Å². The lowest BCUT2D eigenvalue weighted by molar-refractivity contribution is -0.134. The van der Waals surface area contributed by atoms with Crippen molar-refractivity contribution in [3.05, 3.63) is 0 Å². The first-order chi connectivity index (χ1) is 8.13. The molecule has 18 heavy (non-hydrogen) atoms. The van der Waals surface area contributed by atoms with Gasteiger partial charge in [0.25, 0.3) is 0 Å². The number of nitrogens with two attached hydrogens (primary N) is 1. The number of carbonyl (C=O) groups excluding carboxylic acids is 2. The van der Waals surface area contributed by atoms with Crippen molar-refractivity contribution >= 4 is 24.3 Å². The number of piperazine rings is 1. The molecule has 7 heteroatoms. The van der Waals surface area contributed by atoms with Crippen LogP contribution in [0.3, 0.4) is 0 Å². The quantitative estimate of drug-likeness (QED) is 0.748. The van der Waals surface area contributed by atoms with Crippen LogP contribution >= 0.6 is 12.4 Å². The van der Waals surface area contributed by atoms with E-state index in [1.165, 1.54) is 0 Å². The molecule has 0 saturated carbocycles. The average Bonchev–Trinajstić information content (AvgIpc) is 2.70. The molecule has 0 spiro atoms.